The molecule has 6 heteroatoms. The fourth-order valence-electron chi connectivity index (χ4n) is 1.69. The standard InChI is InChI=1S/C15H15ClFN3O/c1-15(2,8-17)14(21)13(20-10-18-9-19-20)7-11-3-5-12(16)6-4-11/h3-7,9-10H,8H2,1-2H3. The third-order valence-electron chi connectivity index (χ3n) is 3.02. The predicted molar refractivity (Wildman–Crippen MR) is 80.4 cm³/mol. The van der Waals surface area contributed by atoms with Crippen molar-refractivity contribution in [1.82, 2.24) is 14.8 Å². The molecule has 0 aliphatic heterocycles. The second-order valence-electron chi connectivity index (χ2n) is 5.27. The summed E-state index contributed by atoms with van der Waals surface area (Å²) in [5.74, 6) is -0.342. The number of Topliss-reactive ketones (excluding diaryl/α,β-unsaturated/α-hetero) is 1. The molecule has 0 N–H and O–H groups in total. The Balaban J connectivity index is 2.47. The lowest BCUT2D eigenvalue weighted by molar-refractivity contribution is -0.122. The molecule has 1 aromatic heterocycles. The molecule has 1 heterocycles. The normalized spacial score (nSPS) is 12.5. The number of carbonyl (C=O) groups excluding carboxylic acids is 1. The Kier molecular flexibility index (Phi) is 4.53. The fraction of sp³-hybridized carbons (Fsp3) is 0.267. The third kappa shape index (κ3) is 3.55. The summed E-state index contributed by atoms with van der Waals surface area (Å²) in [6, 6.07) is 6.98. The minimum Gasteiger partial charge on any atom is -0.292 e. The summed E-state index contributed by atoms with van der Waals surface area (Å²) < 4.78 is 14.4. The second kappa shape index (κ2) is 6.18. The molecule has 0 bridgehead atoms. The van der Waals surface area contributed by atoms with Crippen LogP contribution in [-0.4, -0.2) is 27.2 Å². The highest BCUT2D eigenvalue weighted by Crippen LogP contribution is 2.25. The summed E-state index contributed by atoms with van der Waals surface area (Å²) in [6.45, 7) is 2.36. The van der Waals surface area contributed by atoms with Gasteiger partial charge in [0.1, 0.15) is 25.0 Å². The van der Waals surface area contributed by atoms with Crippen LogP contribution in [0.25, 0.3) is 11.8 Å². The van der Waals surface area contributed by atoms with Crippen LogP contribution in [0.2, 0.25) is 5.02 Å². The first-order valence-corrected chi connectivity index (χ1v) is 6.75. The summed E-state index contributed by atoms with van der Waals surface area (Å²) in [5.41, 5.74) is -0.0881. The smallest absolute Gasteiger partial charge is 0.189 e. The van der Waals surface area contributed by atoms with Gasteiger partial charge < -0.3 is 0 Å². The highest BCUT2D eigenvalue weighted by atomic mass is 35.5. The van der Waals surface area contributed by atoms with E-state index in [2.05, 4.69) is 10.1 Å². The van der Waals surface area contributed by atoms with E-state index in [4.69, 9.17) is 11.6 Å². The van der Waals surface area contributed by atoms with Gasteiger partial charge in [-0.05, 0) is 37.6 Å². The predicted octanol–water partition coefficient (Wildman–Crippen LogP) is 3.49. The van der Waals surface area contributed by atoms with Crippen LogP contribution in [0.15, 0.2) is 36.9 Å². The van der Waals surface area contributed by atoms with E-state index in [9.17, 15) is 9.18 Å². The lowest BCUT2D eigenvalue weighted by atomic mass is 9.87. The quantitative estimate of drug-likeness (QED) is 0.794. The van der Waals surface area contributed by atoms with E-state index < -0.39 is 12.1 Å². The molecule has 110 valence electrons. The van der Waals surface area contributed by atoms with Crippen LogP contribution < -0.4 is 0 Å². The molecule has 1 aromatic carbocycles. The number of hydrogen-bond donors (Lipinski definition) is 0. The van der Waals surface area contributed by atoms with Crippen LogP contribution in [0.3, 0.4) is 0 Å². The van der Waals surface area contributed by atoms with Crippen molar-refractivity contribution < 1.29 is 9.18 Å². The number of ketones is 1. The van der Waals surface area contributed by atoms with Gasteiger partial charge in [0, 0.05) is 5.02 Å². The summed E-state index contributed by atoms with van der Waals surface area (Å²) in [4.78, 5) is 16.4. The van der Waals surface area contributed by atoms with Gasteiger partial charge in [0.25, 0.3) is 0 Å². The topological polar surface area (TPSA) is 47.8 Å². The van der Waals surface area contributed by atoms with Crippen molar-refractivity contribution in [2.24, 2.45) is 5.41 Å². The van der Waals surface area contributed by atoms with Crippen molar-refractivity contribution in [2.45, 2.75) is 13.8 Å². The number of aromatic nitrogens is 3. The highest BCUT2D eigenvalue weighted by Gasteiger charge is 2.31. The van der Waals surface area contributed by atoms with Crippen molar-refractivity contribution in [1.29, 1.82) is 0 Å². The molecule has 0 atom stereocenters. The van der Waals surface area contributed by atoms with Crippen LogP contribution in [-0.2, 0) is 4.79 Å². The van der Waals surface area contributed by atoms with Gasteiger partial charge >= 0.3 is 0 Å². The lowest BCUT2D eigenvalue weighted by Gasteiger charge is -2.20. The van der Waals surface area contributed by atoms with Gasteiger partial charge in [-0.15, -0.1) is 0 Å². The first-order valence-electron chi connectivity index (χ1n) is 6.37. The molecule has 0 unspecified atom stereocenters. The first kappa shape index (κ1) is 15.4. The van der Waals surface area contributed by atoms with Gasteiger partial charge in [-0.25, -0.2) is 9.67 Å². The number of carbonyl (C=O) groups is 1. The van der Waals surface area contributed by atoms with E-state index in [0.717, 1.165) is 5.56 Å². The molecule has 0 amide bonds. The Morgan fingerprint density at radius 1 is 1.38 bits per heavy atom. The van der Waals surface area contributed by atoms with Gasteiger partial charge in [0.05, 0.1) is 5.41 Å². The lowest BCUT2D eigenvalue weighted by Crippen LogP contribution is -2.29. The number of benzene rings is 1. The Labute approximate surface area is 127 Å². The van der Waals surface area contributed by atoms with Crippen molar-refractivity contribution in [2.75, 3.05) is 6.67 Å². The van der Waals surface area contributed by atoms with Crippen LogP contribution in [0.4, 0.5) is 4.39 Å². The zero-order chi connectivity index (χ0) is 15.5. The number of hydrogen-bond acceptors (Lipinski definition) is 3. The van der Waals surface area contributed by atoms with Gasteiger partial charge in [-0.3, -0.25) is 9.18 Å². The molecule has 0 saturated carbocycles. The first-order chi connectivity index (χ1) is 9.94. The van der Waals surface area contributed by atoms with Gasteiger partial charge in [0.2, 0.25) is 0 Å². The van der Waals surface area contributed by atoms with Crippen LogP contribution in [0, 0.1) is 5.41 Å². The van der Waals surface area contributed by atoms with Crippen molar-refractivity contribution >= 4 is 29.2 Å². The molecule has 0 saturated heterocycles. The zero-order valence-corrected chi connectivity index (χ0v) is 12.5. The number of nitrogens with zero attached hydrogens (tertiary/aromatic N) is 3. The molecule has 0 fully saturated rings. The fourth-order valence-corrected chi connectivity index (χ4v) is 1.82. The van der Waals surface area contributed by atoms with Gasteiger partial charge in [0.15, 0.2) is 5.78 Å². The second-order valence-corrected chi connectivity index (χ2v) is 5.70. The number of rotatable bonds is 5. The van der Waals surface area contributed by atoms with Gasteiger partial charge in [-0.1, -0.05) is 23.7 Å². The average Bonchev–Trinajstić information content (AvgIpc) is 3.00. The largest absolute Gasteiger partial charge is 0.292 e. The van der Waals surface area contributed by atoms with Crippen LogP contribution in [0.5, 0.6) is 0 Å². The van der Waals surface area contributed by atoms with Crippen molar-refractivity contribution in [3.8, 4) is 0 Å². The van der Waals surface area contributed by atoms with E-state index in [1.807, 2.05) is 0 Å². The zero-order valence-electron chi connectivity index (χ0n) is 11.8. The Morgan fingerprint density at radius 2 is 2.05 bits per heavy atom. The van der Waals surface area contributed by atoms with Crippen LogP contribution >= 0.6 is 11.6 Å². The number of allylic oxidation sites excluding steroid dienone is 1. The maximum Gasteiger partial charge on any atom is 0.189 e. The maximum atomic E-state index is 13.1. The SMILES string of the molecule is CC(C)(CF)C(=O)C(=Cc1ccc(Cl)cc1)n1cncn1. The number of halogens is 2. The Morgan fingerprint density at radius 3 is 2.57 bits per heavy atom. The minimum absolute atomic E-state index is 0.262. The van der Waals surface area contributed by atoms with E-state index >= 15 is 0 Å². The molecule has 0 spiro atoms. The highest BCUT2D eigenvalue weighted by molar-refractivity contribution is 6.30. The van der Waals surface area contributed by atoms with E-state index in [1.54, 1.807) is 44.2 Å². The molecule has 0 aliphatic carbocycles. The Hall–Kier alpha value is -2.01. The van der Waals surface area contributed by atoms with Gasteiger partial charge in [-0.2, -0.15) is 5.10 Å². The average molecular weight is 308 g/mol. The minimum atomic E-state index is -1.12. The molecule has 0 radical (unpaired) electrons. The molecule has 0 aliphatic rings. The molecular weight excluding hydrogens is 293 g/mol. The number of alkyl halides is 1. The van der Waals surface area contributed by atoms with E-state index in [1.165, 1.54) is 17.3 Å². The summed E-state index contributed by atoms with van der Waals surface area (Å²) in [6.07, 6.45) is 4.38. The van der Waals surface area contributed by atoms with E-state index in [0.29, 0.717) is 5.02 Å². The summed E-state index contributed by atoms with van der Waals surface area (Å²) in [7, 11) is 0. The maximum absolute atomic E-state index is 13.1. The molecular formula is C15H15ClFN3O. The third-order valence-corrected chi connectivity index (χ3v) is 3.27. The Bertz CT molecular complexity index is 648. The van der Waals surface area contributed by atoms with Crippen molar-refractivity contribution in [3.05, 3.63) is 47.5 Å². The molecule has 2 aromatic rings. The van der Waals surface area contributed by atoms with Crippen molar-refractivity contribution in [3.63, 3.8) is 0 Å². The summed E-state index contributed by atoms with van der Waals surface area (Å²) >= 11 is 5.84. The van der Waals surface area contributed by atoms with E-state index in [-0.39, 0.29) is 11.5 Å². The molecule has 4 nitrogen and oxygen atoms in total. The monoisotopic (exact) mass is 307 g/mol. The molecule has 2 rings (SSSR count). The van der Waals surface area contributed by atoms with Crippen LogP contribution in [0.1, 0.15) is 19.4 Å². The summed E-state index contributed by atoms with van der Waals surface area (Å²) in [5, 5.41) is 4.57. The molecule has 21 heavy (non-hydrogen) atoms.